The second kappa shape index (κ2) is 15.4. The number of amides is 1. The Morgan fingerprint density at radius 1 is 1.26 bits per heavy atom. The third-order valence-electron chi connectivity index (χ3n) is 8.05. The lowest BCUT2D eigenvalue weighted by atomic mass is 9.88. The summed E-state index contributed by atoms with van der Waals surface area (Å²) >= 11 is 0. The first-order valence-corrected chi connectivity index (χ1v) is 15.0. The zero-order valence-electron chi connectivity index (χ0n) is 26.6. The SMILES string of the molecule is C/C(=C\C=C\C(C)c1ccnc(N(C)C)n1)[C@H]1OC(=O)C[C@H](O)CC[C@@](C)(O)[C@@H](OC(=O)N2CCN(C)CC2)/C=C\[C@@H]1C. The number of likely N-dealkylation sites (N-methyl/N-ethyl adjacent to an activating group) is 1. The maximum Gasteiger partial charge on any atom is 0.410 e. The molecule has 0 saturated carbocycles. The Morgan fingerprint density at radius 3 is 2.63 bits per heavy atom. The summed E-state index contributed by atoms with van der Waals surface area (Å²) in [6.07, 6.45) is 8.08. The highest BCUT2D eigenvalue weighted by Gasteiger charge is 2.36. The number of aromatic nitrogens is 2. The van der Waals surface area contributed by atoms with E-state index in [1.165, 1.54) is 0 Å². The molecule has 0 aliphatic carbocycles. The van der Waals surface area contributed by atoms with Crippen molar-refractivity contribution in [3.63, 3.8) is 0 Å². The van der Waals surface area contributed by atoms with Crippen LogP contribution in [0.5, 0.6) is 0 Å². The molecule has 0 spiro atoms. The van der Waals surface area contributed by atoms with Crippen molar-refractivity contribution < 1.29 is 29.3 Å². The van der Waals surface area contributed by atoms with Gasteiger partial charge in [0.2, 0.25) is 5.95 Å². The molecule has 1 saturated heterocycles. The number of esters is 1. The molecule has 1 aromatic heterocycles. The van der Waals surface area contributed by atoms with Gasteiger partial charge in [-0.1, -0.05) is 38.2 Å². The number of carbonyl (C=O) groups is 2. The summed E-state index contributed by atoms with van der Waals surface area (Å²) in [7, 11) is 5.79. The molecule has 11 heteroatoms. The van der Waals surface area contributed by atoms with Gasteiger partial charge in [-0.05, 0) is 51.5 Å². The third kappa shape index (κ3) is 10.1. The van der Waals surface area contributed by atoms with Crippen LogP contribution in [0.25, 0.3) is 0 Å². The Balaban J connectivity index is 1.81. The van der Waals surface area contributed by atoms with Gasteiger partial charge in [-0.25, -0.2) is 14.8 Å². The Hall–Kier alpha value is -3.28. The number of anilines is 1. The maximum atomic E-state index is 13.0. The second-order valence-electron chi connectivity index (χ2n) is 12.3. The summed E-state index contributed by atoms with van der Waals surface area (Å²) < 4.78 is 11.7. The Kier molecular flexibility index (Phi) is 12.3. The van der Waals surface area contributed by atoms with Crippen molar-refractivity contribution in [2.45, 2.75) is 76.8 Å². The topological polar surface area (TPSA) is 129 Å². The molecule has 1 aromatic rings. The first kappa shape index (κ1) is 34.2. The number of rotatable bonds is 6. The van der Waals surface area contributed by atoms with E-state index in [0.717, 1.165) is 24.4 Å². The van der Waals surface area contributed by atoms with Crippen LogP contribution in [0.2, 0.25) is 0 Å². The molecule has 1 fully saturated rings. The monoisotopic (exact) mass is 599 g/mol. The molecule has 11 nitrogen and oxygen atoms in total. The molecule has 1 amide bonds. The van der Waals surface area contributed by atoms with E-state index in [1.54, 1.807) is 24.1 Å². The summed E-state index contributed by atoms with van der Waals surface area (Å²) in [6.45, 7) is 10.0. The number of hydrogen-bond acceptors (Lipinski definition) is 10. The highest BCUT2D eigenvalue weighted by molar-refractivity contribution is 5.70. The van der Waals surface area contributed by atoms with Gasteiger partial charge in [0.15, 0.2) is 6.10 Å². The van der Waals surface area contributed by atoms with Crippen molar-refractivity contribution >= 4 is 18.0 Å². The summed E-state index contributed by atoms with van der Waals surface area (Å²) in [5.74, 6) is -0.167. The summed E-state index contributed by atoms with van der Waals surface area (Å²) in [6, 6.07) is 1.88. The van der Waals surface area contributed by atoms with Gasteiger partial charge in [-0.2, -0.15) is 0 Å². The van der Waals surface area contributed by atoms with E-state index in [2.05, 4.69) is 14.9 Å². The van der Waals surface area contributed by atoms with Crippen LogP contribution < -0.4 is 4.90 Å². The smallest absolute Gasteiger partial charge is 0.410 e. The number of hydrogen-bond donors (Lipinski definition) is 2. The van der Waals surface area contributed by atoms with E-state index < -0.39 is 36.0 Å². The average Bonchev–Trinajstić information content (AvgIpc) is 2.96. The zero-order chi connectivity index (χ0) is 31.7. The number of nitrogens with zero attached hydrogens (tertiary/aromatic N) is 5. The number of piperazine rings is 1. The zero-order valence-corrected chi connectivity index (χ0v) is 26.6. The minimum absolute atomic E-state index is 0.0232. The van der Waals surface area contributed by atoms with E-state index >= 15 is 0 Å². The van der Waals surface area contributed by atoms with Crippen molar-refractivity contribution in [1.29, 1.82) is 0 Å². The molecule has 0 radical (unpaired) electrons. The van der Waals surface area contributed by atoms with E-state index in [9.17, 15) is 19.8 Å². The van der Waals surface area contributed by atoms with Crippen molar-refractivity contribution in [2.75, 3.05) is 52.2 Å². The highest BCUT2D eigenvalue weighted by Crippen LogP contribution is 2.27. The number of carbonyl (C=O) groups excluding carboxylic acids is 2. The lowest BCUT2D eigenvalue weighted by Crippen LogP contribution is -2.50. The van der Waals surface area contributed by atoms with Crippen LogP contribution in [0.15, 0.2) is 48.2 Å². The molecular weight excluding hydrogens is 550 g/mol. The first-order valence-electron chi connectivity index (χ1n) is 15.0. The van der Waals surface area contributed by atoms with Crippen LogP contribution in [0.4, 0.5) is 10.7 Å². The van der Waals surface area contributed by atoms with Crippen molar-refractivity contribution in [1.82, 2.24) is 19.8 Å². The number of aliphatic hydroxyl groups excluding tert-OH is 1. The summed E-state index contributed by atoms with van der Waals surface area (Å²) in [5.41, 5.74) is 0.234. The molecule has 3 heterocycles. The molecule has 2 aliphatic heterocycles. The van der Waals surface area contributed by atoms with E-state index in [-0.39, 0.29) is 31.1 Å². The van der Waals surface area contributed by atoms with Gasteiger partial charge in [0, 0.05) is 58.3 Å². The molecule has 0 aromatic carbocycles. The highest BCUT2D eigenvalue weighted by atomic mass is 16.6. The van der Waals surface area contributed by atoms with Gasteiger partial charge in [-0.15, -0.1) is 0 Å². The molecule has 6 atom stereocenters. The molecule has 238 valence electrons. The van der Waals surface area contributed by atoms with E-state index in [4.69, 9.17) is 9.47 Å². The summed E-state index contributed by atoms with van der Waals surface area (Å²) in [4.78, 5) is 40.3. The number of allylic oxidation sites excluding steroid dienone is 3. The molecule has 1 unspecified atom stereocenters. The van der Waals surface area contributed by atoms with Crippen LogP contribution in [0.1, 0.15) is 58.6 Å². The number of cyclic esters (lactones) is 1. The molecule has 2 aliphatic rings. The molecule has 43 heavy (non-hydrogen) atoms. The molecular formula is C32H49N5O6. The van der Waals surface area contributed by atoms with Gasteiger partial charge in [0.05, 0.1) is 18.2 Å². The number of aliphatic hydroxyl groups is 2. The van der Waals surface area contributed by atoms with Crippen molar-refractivity contribution in [3.8, 4) is 0 Å². The van der Waals surface area contributed by atoms with Crippen molar-refractivity contribution in [3.05, 3.63) is 53.9 Å². The van der Waals surface area contributed by atoms with Gasteiger partial charge in [-0.3, -0.25) is 4.79 Å². The van der Waals surface area contributed by atoms with Gasteiger partial charge < -0.3 is 34.4 Å². The van der Waals surface area contributed by atoms with E-state index in [0.29, 0.717) is 19.0 Å². The van der Waals surface area contributed by atoms with Gasteiger partial charge in [0.25, 0.3) is 0 Å². The molecule has 3 rings (SSSR count). The lowest BCUT2D eigenvalue weighted by molar-refractivity contribution is -0.151. The Bertz CT molecular complexity index is 1170. The largest absolute Gasteiger partial charge is 0.457 e. The average molecular weight is 600 g/mol. The second-order valence-corrected chi connectivity index (χ2v) is 12.3. The maximum absolute atomic E-state index is 13.0. The predicted molar refractivity (Wildman–Crippen MR) is 166 cm³/mol. The predicted octanol–water partition coefficient (Wildman–Crippen LogP) is 3.30. The number of ether oxygens (including phenoxy) is 2. The van der Waals surface area contributed by atoms with E-state index in [1.807, 2.05) is 77.2 Å². The van der Waals surface area contributed by atoms with Crippen LogP contribution in [0.3, 0.4) is 0 Å². The van der Waals surface area contributed by atoms with Crippen LogP contribution in [-0.2, 0) is 14.3 Å². The first-order chi connectivity index (χ1) is 20.3. The normalized spacial score (nSPS) is 29.7. The Labute approximate surface area is 255 Å². The van der Waals surface area contributed by atoms with Gasteiger partial charge in [0.1, 0.15) is 11.7 Å². The third-order valence-corrected chi connectivity index (χ3v) is 8.05. The fourth-order valence-corrected chi connectivity index (χ4v) is 5.02. The van der Waals surface area contributed by atoms with Crippen LogP contribution in [-0.4, -0.2) is 113 Å². The minimum Gasteiger partial charge on any atom is -0.457 e. The van der Waals surface area contributed by atoms with Crippen LogP contribution >= 0.6 is 0 Å². The summed E-state index contributed by atoms with van der Waals surface area (Å²) in [5, 5.41) is 21.9. The fourth-order valence-electron chi connectivity index (χ4n) is 5.02. The standard InChI is InChI=1S/C32H49N5O6/c1-22(26-14-16-33-30(34-26)35(5)6)9-8-10-23(2)29-24(3)11-12-27(42-31(40)37-19-17-36(7)18-20-37)32(4,41)15-13-25(38)21-28(39)43-29/h8-12,14,16,22,24-25,27,29,38,41H,13,15,17-21H2,1-7H3/b9-8+,12-11-,23-10+/t22?,24-,25+,27-,29+,32+/m0/s1. The molecule has 0 bridgehead atoms. The minimum atomic E-state index is -1.45. The van der Waals surface area contributed by atoms with Crippen molar-refractivity contribution in [2.24, 2.45) is 5.92 Å². The fraction of sp³-hybridized carbons (Fsp3) is 0.625. The lowest BCUT2D eigenvalue weighted by Gasteiger charge is -2.36. The van der Waals surface area contributed by atoms with Crippen LogP contribution in [0, 0.1) is 5.92 Å². The quantitative estimate of drug-likeness (QED) is 0.286. The molecule has 2 N–H and O–H groups in total. The van der Waals surface area contributed by atoms with Gasteiger partial charge >= 0.3 is 12.1 Å². The Morgan fingerprint density at radius 2 is 1.95 bits per heavy atom.